The quantitative estimate of drug-likeness (QED) is 0.564. The first-order valence-electron chi connectivity index (χ1n) is 5.77. The average Bonchev–Trinajstić information content (AvgIpc) is 2.37. The summed E-state index contributed by atoms with van der Waals surface area (Å²) < 4.78 is 31.3. The number of nitrogens with one attached hydrogen (secondary N) is 1. The van der Waals surface area contributed by atoms with Crippen molar-refractivity contribution in [3.8, 4) is 5.75 Å². The van der Waals surface area contributed by atoms with Crippen LogP contribution < -0.4 is 9.46 Å². The van der Waals surface area contributed by atoms with Crippen LogP contribution in [0.15, 0.2) is 23.1 Å². The summed E-state index contributed by atoms with van der Waals surface area (Å²) >= 11 is 0. The van der Waals surface area contributed by atoms with Crippen LogP contribution in [0.2, 0.25) is 0 Å². The summed E-state index contributed by atoms with van der Waals surface area (Å²) in [5, 5.41) is 19.7. The summed E-state index contributed by atoms with van der Waals surface area (Å²) in [4.78, 5) is 9.74. The highest BCUT2D eigenvalue weighted by atomic mass is 32.2. The zero-order valence-electron chi connectivity index (χ0n) is 11.1. The van der Waals surface area contributed by atoms with E-state index in [1.807, 2.05) is 0 Å². The second-order valence-corrected chi connectivity index (χ2v) is 5.81. The van der Waals surface area contributed by atoms with Crippen LogP contribution in [0.25, 0.3) is 0 Å². The molecule has 1 atom stereocenters. The van der Waals surface area contributed by atoms with Crippen molar-refractivity contribution in [3.63, 3.8) is 0 Å². The number of methoxy groups -OCH3 is 1. The van der Waals surface area contributed by atoms with Gasteiger partial charge in [0, 0.05) is 12.6 Å². The SMILES string of the molecule is COc1ccc(S(=O)(=O)NC(C)CCO)c([N+](=O)[O-])c1. The first kappa shape index (κ1) is 16.3. The van der Waals surface area contributed by atoms with Crippen molar-refractivity contribution in [3.05, 3.63) is 28.3 Å². The van der Waals surface area contributed by atoms with Gasteiger partial charge >= 0.3 is 0 Å². The Hall–Kier alpha value is -1.71. The standard InChI is InChI=1S/C11H16N2O6S/c1-8(5-6-14)12-20(17,18)11-4-3-9(19-2)7-10(11)13(15)16/h3-4,7-8,12,14H,5-6H2,1-2H3. The highest BCUT2D eigenvalue weighted by molar-refractivity contribution is 7.89. The molecule has 0 aromatic heterocycles. The average molecular weight is 304 g/mol. The van der Waals surface area contributed by atoms with Gasteiger partial charge in [-0.2, -0.15) is 0 Å². The molecule has 0 aliphatic rings. The van der Waals surface area contributed by atoms with Crippen LogP contribution in [0, 0.1) is 10.1 Å². The molecule has 0 bridgehead atoms. The van der Waals surface area contributed by atoms with Crippen LogP contribution in [0.3, 0.4) is 0 Å². The molecule has 1 aromatic carbocycles. The normalized spacial score (nSPS) is 12.9. The van der Waals surface area contributed by atoms with Gasteiger partial charge in [0.1, 0.15) is 5.75 Å². The number of sulfonamides is 1. The molecule has 1 unspecified atom stereocenters. The molecule has 0 radical (unpaired) electrons. The zero-order valence-corrected chi connectivity index (χ0v) is 11.9. The molecule has 0 amide bonds. The molecule has 1 rings (SSSR count). The Bertz CT molecular complexity index is 587. The molecule has 112 valence electrons. The highest BCUT2D eigenvalue weighted by Crippen LogP contribution is 2.28. The lowest BCUT2D eigenvalue weighted by Crippen LogP contribution is -2.33. The third-order valence-corrected chi connectivity index (χ3v) is 4.21. The van der Waals surface area contributed by atoms with Crippen molar-refractivity contribution in [2.75, 3.05) is 13.7 Å². The minimum absolute atomic E-state index is 0.186. The number of aliphatic hydroxyl groups is 1. The Balaban J connectivity index is 3.20. The van der Waals surface area contributed by atoms with Crippen LogP contribution >= 0.6 is 0 Å². The molecule has 0 spiro atoms. The number of ether oxygens (including phenoxy) is 1. The maximum absolute atomic E-state index is 12.1. The van der Waals surface area contributed by atoms with Crippen LogP contribution in [0.1, 0.15) is 13.3 Å². The van der Waals surface area contributed by atoms with Gasteiger partial charge < -0.3 is 9.84 Å². The van der Waals surface area contributed by atoms with Gasteiger partial charge in [-0.15, -0.1) is 0 Å². The number of aliphatic hydroxyl groups excluding tert-OH is 1. The van der Waals surface area contributed by atoms with Crippen LogP contribution in [0.4, 0.5) is 5.69 Å². The van der Waals surface area contributed by atoms with Gasteiger partial charge in [-0.05, 0) is 25.5 Å². The van der Waals surface area contributed by atoms with Gasteiger partial charge in [0.25, 0.3) is 5.69 Å². The largest absolute Gasteiger partial charge is 0.497 e. The van der Waals surface area contributed by atoms with Crippen molar-refractivity contribution in [1.29, 1.82) is 0 Å². The fourth-order valence-corrected chi connectivity index (χ4v) is 3.01. The molecule has 0 saturated heterocycles. The minimum atomic E-state index is -4.04. The van der Waals surface area contributed by atoms with Gasteiger partial charge in [0.15, 0.2) is 4.90 Å². The molecule has 0 saturated carbocycles. The summed E-state index contributed by atoms with van der Waals surface area (Å²) in [6.45, 7) is 1.37. The summed E-state index contributed by atoms with van der Waals surface area (Å²) in [6, 6.07) is 2.96. The fourth-order valence-electron chi connectivity index (χ4n) is 1.57. The van der Waals surface area contributed by atoms with E-state index in [0.717, 1.165) is 12.1 Å². The Morgan fingerprint density at radius 1 is 1.50 bits per heavy atom. The maximum Gasteiger partial charge on any atom is 0.293 e. The number of benzene rings is 1. The van der Waals surface area contributed by atoms with E-state index in [1.54, 1.807) is 6.92 Å². The predicted octanol–water partition coefficient (Wildman–Crippen LogP) is 0.653. The van der Waals surface area contributed by atoms with Gasteiger partial charge in [-0.3, -0.25) is 10.1 Å². The first-order chi connectivity index (χ1) is 9.31. The second kappa shape index (κ2) is 6.64. The highest BCUT2D eigenvalue weighted by Gasteiger charge is 2.27. The predicted molar refractivity (Wildman–Crippen MR) is 71.1 cm³/mol. The number of nitro groups is 1. The van der Waals surface area contributed by atoms with E-state index in [9.17, 15) is 18.5 Å². The van der Waals surface area contributed by atoms with E-state index in [-0.39, 0.29) is 18.8 Å². The first-order valence-corrected chi connectivity index (χ1v) is 7.25. The maximum atomic E-state index is 12.1. The Morgan fingerprint density at radius 2 is 2.15 bits per heavy atom. The third-order valence-electron chi connectivity index (χ3n) is 2.57. The van der Waals surface area contributed by atoms with Gasteiger partial charge in [0.05, 0.1) is 18.1 Å². The summed E-state index contributed by atoms with van der Waals surface area (Å²) in [5.74, 6) is 0.194. The van der Waals surface area contributed by atoms with Crippen LogP contribution in [0.5, 0.6) is 5.75 Å². The minimum Gasteiger partial charge on any atom is -0.497 e. The molecule has 8 nitrogen and oxygen atoms in total. The van der Waals surface area contributed by atoms with Crippen LogP contribution in [-0.4, -0.2) is 38.2 Å². The van der Waals surface area contributed by atoms with E-state index in [4.69, 9.17) is 9.84 Å². The van der Waals surface area contributed by atoms with E-state index < -0.39 is 31.6 Å². The van der Waals surface area contributed by atoms with E-state index >= 15 is 0 Å². The molecule has 0 aliphatic heterocycles. The van der Waals surface area contributed by atoms with Gasteiger partial charge in [-0.1, -0.05) is 0 Å². The smallest absolute Gasteiger partial charge is 0.293 e. The second-order valence-electron chi connectivity index (χ2n) is 4.13. The lowest BCUT2D eigenvalue weighted by Gasteiger charge is -2.13. The van der Waals surface area contributed by atoms with E-state index in [0.29, 0.717) is 0 Å². The Morgan fingerprint density at radius 3 is 2.65 bits per heavy atom. The summed E-state index contributed by atoms with van der Waals surface area (Å²) in [6.07, 6.45) is 0.211. The van der Waals surface area contributed by atoms with Crippen molar-refractivity contribution >= 4 is 15.7 Å². The summed E-state index contributed by atoms with van der Waals surface area (Å²) in [7, 11) is -2.71. The Labute approximate surface area is 116 Å². The number of nitrogens with zero attached hydrogens (tertiary/aromatic N) is 1. The molecule has 0 aliphatic carbocycles. The fraction of sp³-hybridized carbons (Fsp3) is 0.455. The molecule has 9 heteroatoms. The molecule has 20 heavy (non-hydrogen) atoms. The molecule has 0 fully saturated rings. The van der Waals surface area contributed by atoms with E-state index in [1.165, 1.54) is 13.2 Å². The van der Waals surface area contributed by atoms with Gasteiger partial charge in [-0.25, -0.2) is 13.1 Å². The monoisotopic (exact) mass is 304 g/mol. The number of hydrogen-bond donors (Lipinski definition) is 2. The zero-order chi connectivity index (χ0) is 15.3. The third kappa shape index (κ3) is 3.89. The molecule has 2 N–H and O–H groups in total. The van der Waals surface area contributed by atoms with Crippen LogP contribution in [-0.2, 0) is 10.0 Å². The summed E-state index contributed by atoms with van der Waals surface area (Å²) in [5.41, 5.74) is -0.562. The lowest BCUT2D eigenvalue weighted by atomic mass is 10.3. The molecule has 0 heterocycles. The van der Waals surface area contributed by atoms with Crippen molar-refractivity contribution in [2.45, 2.75) is 24.3 Å². The van der Waals surface area contributed by atoms with E-state index in [2.05, 4.69) is 4.72 Å². The van der Waals surface area contributed by atoms with Crippen molar-refractivity contribution < 1.29 is 23.2 Å². The lowest BCUT2D eigenvalue weighted by molar-refractivity contribution is -0.387. The molecule has 1 aromatic rings. The Kier molecular flexibility index (Phi) is 5.43. The number of rotatable bonds is 7. The van der Waals surface area contributed by atoms with Crippen molar-refractivity contribution in [1.82, 2.24) is 4.72 Å². The van der Waals surface area contributed by atoms with Crippen molar-refractivity contribution in [2.24, 2.45) is 0 Å². The molecular formula is C11H16N2O6S. The topological polar surface area (TPSA) is 119 Å². The number of hydrogen-bond acceptors (Lipinski definition) is 6. The number of nitro benzene ring substituents is 1. The van der Waals surface area contributed by atoms with Gasteiger partial charge in [0.2, 0.25) is 10.0 Å². The molecular weight excluding hydrogens is 288 g/mol.